The number of aromatic nitrogens is 1. The summed E-state index contributed by atoms with van der Waals surface area (Å²) in [7, 11) is 2.05. The van der Waals surface area contributed by atoms with Crippen molar-refractivity contribution in [3.63, 3.8) is 0 Å². The molecular weight excluding hydrogens is 312 g/mol. The highest BCUT2D eigenvalue weighted by Crippen LogP contribution is 2.48. The highest BCUT2D eigenvalue weighted by Gasteiger charge is 2.31. The van der Waals surface area contributed by atoms with Gasteiger partial charge in [0.25, 0.3) is 0 Å². The molecule has 0 bridgehead atoms. The Morgan fingerprint density at radius 1 is 1.12 bits per heavy atom. The number of hydrogen-bond acceptors (Lipinski definition) is 2. The van der Waals surface area contributed by atoms with E-state index in [1.54, 1.807) is 6.26 Å². The molecule has 0 fully saturated rings. The summed E-state index contributed by atoms with van der Waals surface area (Å²) >= 11 is 0. The van der Waals surface area contributed by atoms with Gasteiger partial charge in [-0.15, -0.1) is 0 Å². The maximum absolute atomic E-state index is 7.15. The first-order valence-corrected chi connectivity index (χ1v) is 8.15. The predicted octanol–water partition coefficient (Wildman–Crippen LogP) is 4.91. The van der Waals surface area contributed by atoms with Crippen LogP contribution >= 0.6 is 0 Å². The zero-order valence-electron chi connectivity index (χ0n) is 14.0. The van der Waals surface area contributed by atoms with Crippen LogP contribution in [0.3, 0.4) is 0 Å². The van der Waals surface area contributed by atoms with Gasteiger partial charge in [-0.25, -0.2) is 11.1 Å². The van der Waals surface area contributed by atoms with E-state index in [1.807, 2.05) is 25.2 Å². The fourth-order valence-corrected chi connectivity index (χ4v) is 3.83. The lowest BCUT2D eigenvalue weighted by Crippen LogP contribution is -2.31. The van der Waals surface area contributed by atoms with E-state index >= 15 is 0 Å². The minimum atomic E-state index is 0.356. The molecule has 4 nitrogen and oxygen atoms in total. The Kier molecular flexibility index (Phi) is 2.72. The molecule has 0 spiro atoms. The van der Waals surface area contributed by atoms with Crippen molar-refractivity contribution in [3.8, 4) is 22.8 Å². The SMILES string of the molecule is [C-]#[N+]Cc1cc2c3c([n+](C)ccc3c1)-c1c(cc3ccoc3c1C)O2. The zero-order chi connectivity index (χ0) is 17.1. The molecular formula is C21H15N2O2+. The molecule has 5 rings (SSSR count). The van der Waals surface area contributed by atoms with E-state index in [0.717, 1.165) is 55.6 Å². The molecule has 1 aliphatic heterocycles. The number of hydrogen-bond donors (Lipinski definition) is 0. The Hall–Kier alpha value is -3.32. The number of furan rings is 1. The van der Waals surface area contributed by atoms with E-state index in [0.29, 0.717) is 6.54 Å². The summed E-state index contributed by atoms with van der Waals surface area (Å²) < 4.78 is 14.1. The van der Waals surface area contributed by atoms with Crippen molar-refractivity contribution in [2.75, 3.05) is 0 Å². The summed E-state index contributed by atoms with van der Waals surface area (Å²) in [6, 6.07) is 10.1. The molecule has 4 aromatic rings. The molecule has 0 N–H and O–H groups in total. The van der Waals surface area contributed by atoms with Crippen molar-refractivity contribution in [1.29, 1.82) is 0 Å². The van der Waals surface area contributed by atoms with Crippen LogP contribution in [-0.2, 0) is 13.6 Å². The molecule has 0 radical (unpaired) electrons. The van der Waals surface area contributed by atoms with Crippen LogP contribution < -0.4 is 9.30 Å². The number of aryl methyl sites for hydroxylation is 2. The third-order valence-electron chi connectivity index (χ3n) is 4.92. The van der Waals surface area contributed by atoms with Crippen molar-refractivity contribution < 1.29 is 13.7 Å². The number of nitrogens with zero attached hydrogens (tertiary/aromatic N) is 2. The number of benzene rings is 2. The normalized spacial score (nSPS) is 12.0. The fourth-order valence-electron chi connectivity index (χ4n) is 3.83. The smallest absolute Gasteiger partial charge is 0.239 e. The molecule has 25 heavy (non-hydrogen) atoms. The van der Waals surface area contributed by atoms with Crippen LogP contribution in [0.25, 0.3) is 37.8 Å². The monoisotopic (exact) mass is 327 g/mol. The van der Waals surface area contributed by atoms with Gasteiger partial charge < -0.3 is 14.0 Å². The second kappa shape index (κ2) is 4.84. The van der Waals surface area contributed by atoms with Gasteiger partial charge in [-0.3, -0.25) is 0 Å². The van der Waals surface area contributed by atoms with Gasteiger partial charge in [0.05, 0.1) is 17.2 Å². The molecule has 0 aliphatic carbocycles. The maximum Gasteiger partial charge on any atom is 0.239 e. The lowest BCUT2D eigenvalue weighted by atomic mass is 9.93. The van der Waals surface area contributed by atoms with Crippen molar-refractivity contribution >= 4 is 21.7 Å². The summed E-state index contributed by atoms with van der Waals surface area (Å²) in [5, 5.41) is 3.21. The van der Waals surface area contributed by atoms with Crippen LogP contribution in [0.5, 0.6) is 11.5 Å². The van der Waals surface area contributed by atoms with Crippen LogP contribution in [0.1, 0.15) is 11.1 Å². The molecule has 0 saturated heterocycles. The molecule has 4 heteroatoms. The summed E-state index contributed by atoms with van der Waals surface area (Å²) in [6.07, 6.45) is 3.77. The topological polar surface area (TPSA) is 30.6 Å². The largest absolute Gasteiger partial charge is 0.464 e. The Balaban J connectivity index is 1.94. The van der Waals surface area contributed by atoms with Crippen LogP contribution in [0.2, 0.25) is 0 Å². The quantitative estimate of drug-likeness (QED) is 0.323. The average Bonchev–Trinajstić information content (AvgIpc) is 3.06. The molecule has 0 saturated carbocycles. The fraction of sp³-hybridized carbons (Fsp3) is 0.143. The average molecular weight is 327 g/mol. The van der Waals surface area contributed by atoms with Crippen molar-refractivity contribution in [1.82, 2.24) is 0 Å². The van der Waals surface area contributed by atoms with Crippen molar-refractivity contribution in [2.24, 2.45) is 7.05 Å². The number of fused-ring (bicyclic) bond motifs is 3. The van der Waals surface area contributed by atoms with E-state index < -0.39 is 0 Å². The standard InChI is InChI=1S/C21H15N2O2/c1-12-18-17(10-15-5-7-24-21(12)15)25-16-9-13(11-22-2)8-14-4-6-23(3)20(18)19(14)16/h4-10H,11H2,1,3H3/q+1. The highest BCUT2D eigenvalue weighted by molar-refractivity contribution is 6.04. The third-order valence-corrected chi connectivity index (χ3v) is 4.92. The van der Waals surface area contributed by atoms with Gasteiger partial charge in [0.15, 0.2) is 6.20 Å². The predicted molar refractivity (Wildman–Crippen MR) is 95.4 cm³/mol. The molecule has 3 heterocycles. The van der Waals surface area contributed by atoms with Gasteiger partial charge in [-0.1, -0.05) is 0 Å². The van der Waals surface area contributed by atoms with E-state index in [1.165, 1.54) is 0 Å². The summed E-state index contributed by atoms with van der Waals surface area (Å²) in [6.45, 7) is 9.58. The minimum absolute atomic E-state index is 0.356. The zero-order valence-corrected chi connectivity index (χ0v) is 14.0. The first-order valence-electron chi connectivity index (χ1n) is 8.15. The van der Waals surface area contributed by atoms with Crippen molar-refractivity contribution in [2.45, 2.75) is 13.5 Å². The Bertz CT molecular complexity index is 1230. The van der Waals surface area contributed by atoms with Crippen LogP contribution in [0.4, 0.5) is 0 Å². The number of rotatable bonds is 1. The lowest BCUT2D eigenvalue weighted by Gasteiger charge is -2.21. The van der Waals surface area contributed by atoms with E-state index in [9.17, 15) is 0 Å². The molecule has 2 aromatic carbocycles. The Morgan fingerprint density at radius 3 is 2.84 bits per heavy atom. The highest BCUT2D eigenvalue weighted by atomic mass is 16.5. The molecule has 0 amide bonds. The second-order valence-corrected chi connectivity index (χ2v) is 6.47. The molecule has 0 unspecified atom stereocenters. The number of ether oxygens (including phenoxy) is 1. The first-order chi connectivity index (χ1) is 12.2. The van der Waals surface area contributed by atoms with Crippen LogP contribution in [-0.4, -0.2) is 0 Å². The van der Waals surface area contributed by atoms with E-state index in [4.69, 9.17) is 15.7 Å². The summed E-state index contributed by atoms with van der Waals surface area (Å²) in [5.74, 6) is 1.65. The molecule has 120 valence electrons. The molecule has 0 atom stereocenters. The molecule has 1 aliphatic rings. The van der Waals surface area contributed by atoms with Gasteiger partial charge in [0, 0.05) is 22.6 Å². The Morgan fingerprint density at radius 2 is 2.00 bits per heavy atom. The Labute approximate surface area is 144 Å². The first kappa shape index (κ1) is 14.1. The second-order valence-electron chi connectivity index (χ2n) is 6.47. The van der Waals surface area contributed by atoms with Gasteiger partial charge in [-0.2, -0.15) is 0 Å². The lowest BCUT2D eigenvalue weighted by molar-refractivity contribution is -0.659. The summed E-state index contributed by atoms with van der Waals surface area (Å²) in [5.41, 5.74) is 5.14. The van der Waals surface area contributed by atoms with Crippen LogP contribution in [0.15, 0.2) is 47.2 Å². The third kappa shape index (κ3) is 1.84. The van der Waals surface area contributed by atoms with Crippen LogP contribution in [0, 0.1) is 13.5 Å². The minimum Gasteiger partial charge on any atom is -0.464 e. The molecule has 2 aromatic heterocycles. The summed E-state index contributed by atoms with van der Waals surface area (Å²) in [4.78, 5) is 3.52. The van der Waals surface area contributed by atoms with E-state index in [2.05, 4.69) is 34.7 Å². The van der Waals surface area contributed by atoms with E-state index in [-0.39, 0.29) is 0 Å². The van der Waals surface area contributed by atoms with Gasteiger partial charge in [-0.05, 0) is 36.6 Å². The number of pyridine rings is 1. The van der Waals surface area contributed by atoms with Crippen molar-refractivity contribution in [3.05, 3.63) is 65.3 Å². The maximum atomic E-state index is 7.15. The van der Waals surface area contributed by atoms with Gasteiger partial charge >= 0.3 is 0 Å². The van der Waals surface area contributed by atoms with Gasteiger partial charge in [0.2, 0.25) is 12.2 Å². The van der Waals surface area contributed by atoms with Gasteiger partial charge in [0.1, 0.15) is 24.1 Å².